The minimum Gasteiger partial charge on any atom is -0.454 e. The van der Waals surface area contributed by atoms with Crippen LogP contribution in [0.5, 0.6) is 0 Å². The molecule has 0 atom stereocenters. The molecule has 0 aromatic heterocycles. The smallest absolute Gasteiger partial charge is 0.325 e. The van der Waals surface area contributed by atoms with Crippen molar-refractivity contribution < 1.29 is 19.1 Å². The van der Waals surface area contributed by atoms with E-state index in [0.717, 1.165) is 17.5 Å². The molecule has 0 unspecified atom stereocenters. The molecular formula is C22H26N2O4. The maximum absolute atomic E-state index is 12.2. The van der Waals surface area contributed by atoms with Crippen LogP contribution in [0, 0.1) is 0 Å². The quantitative estimate of drug-likeness (QED) is 0.688. The normalized spacial score (nSPS) is 10.8. The maximum atomic E-state index is 12.2. The first-order chi connectivity index (χ1) is 13.3. The highest BCUT2D eigenvalue weighted by molar-refractivity contribution is 5.96. The molecule has 0 spiro atoms. The summed E-state index contributed by atoms with van der Waals surface area (Å²) in [6.07, 6.45) is 0.756. The van der Waals surface area contributed by atoms with Gasteiger partial charge in [-0.2, -0.15) is 0 Å². The standard InChI is InChI=1S/C22H26N2O4/c1-4-22(2,3)24-19(25)15-28-20(26)14-23-21(27)18-12-10-17(11-13-18)16-8-6-5-7-9-16/h5-13H,4,14-15H2,1-3H3,(H,23,27)(H,24,25). The summed E-state index contributed by atoms with van der Waals surface area (Å²) in [6, 6.07) is 16.9. The number of ether oxygens (including phenoxy) is 1. The molecule has 0 heterocycles. The molecule has 0 saturated heterocycles. The molecule has 0 saturated carbocycles. The van der Waals surface area contributed by atoms with E-state index in [1.807, 2.05) is 63.2 Å². The second kappa shape index (κ2) is 9.69. The van der Waals surface area contributed by atoms with E-state index >= 15 is 0 Å². The molecule has 148 valence electrons. The van der Waals surface area contributed by atoms with E-state index in [4.69, 9.17) is 4.74 Å². The molecule has 2 aromatic carbocycles. The number of nitrogens with one attached hydrogen (secondary N) is 2. The molecule has 2 aromatic rings. The Bertz CT molecular complexity index is 814. The van der Waals surface area contributed by atoms with Crippen LogP contribution < -0.4 is 10.6 Å². The summed E-state index contributed by atoms with van der Waals surface area (Å²) < 4.78 is 4.89. The summed E-state index contributed by atoms with van der Waals surface area (Å²) in [6.45, 7) is 5.05. The van der Waals surface area contributed by atoms with Crippen LogP contribution in [0.3, 0.4) is 0 Å². The van der Waals surface area contributed by atoms with Crippen LogP contribution in [0.15, 0.2) is 54.6 Å². The number of hydrogen-bond donors (Lipinski definition) is 2. The SMILES string of the molecule is CCC(C)(C)NC(=O)COC(=O)CNC(=O)c1ccc(-c2ccccc2)cc1. The lowest BCUT2D eigenvalue weighted by atomic mass is 10.0. The number of benzene rings is 2. The first-order valence-electron chi connectivity index (χ1n) is 9.21. The van der Waals surface area contributed by atoms with E-state index in [1.165, 1.54) is 0 Å². The molecule has 2 N–H and O–H groups in total. The predicted octanol–water partition coefficient (Wildman–Crippen LogP) is 2.93. The Morgan fingerprint density at radius 3 is 2.14 bits per heavy atom. The van der Waals surface area contributed by atoms with E-state index in [1.54, 1.807) is 12.1 Å². The Morgan fingerprint density at radius 2 is 1.54 bits per heavy atom. The average molecular weight is 382 g/mol. The summed E-state index contributed by atoms with van der Waals surface area (Å²) in [7, 11) is 0. The Labute approximate surface area is 165 Å². The van der Waals surface area contributed by atoms with Gasteiger partial charge in [-0.1, -0.05) is 49.4 Å². The molecule has 0 fully saturated rings. The van der Waals surface area contributed by atoms with Crippen LogP contribution in [-0.4, -0.2) is 36.5 Å². The lowest BCUT2D eigenvalue weighted by Crippen LogP contribution is -2.45. The Hall–Kier alpha value is -3.15. The van der Waals surface area contributed by atoms with Crippen LogP contribution in [0.2, 0.25) is 0 Å². The van der Waals surface area contributed by atoms with Crippen molar-refractivity contribution in [2.24, 2.45) is 0 Å². The van der Waals surface area contributed by atoms with Crippen molar-refractivity contribution in [2.45, 2.75) is 32.7 Å². The van der Waals surface area contributed by atoms with Gasteiger partial charge in [-0.3, -0.25) is 14.4 Å². The maximum Gasteiger partial charge on any atom is 0.325 e. The fourth-order valence-electron chi connectivity index (χ4n) is 2.40. The van der Waals surface area contributed by atoms with Gasteiger partial charge in [0, 0.05) is 11.1 Å². The lowest BCUT2D eigenvalue weighted by molar-refractivity contribution is -0.148. The Balaban J connectivity index is 1.78. The second-order valence-electron chi connectivity index (χ2n) is 7.07. The fraction of sp³-hybridized carbons (Fsp3) is 0.318. The molecule has 2 amide bonds. The van der Waals surface area contributed by atoms with E-state index in [-0.39, 0.29) is 30.5 Å². The van der Waals surface area contributed by atoms with Crippen molar-refractivity contribution in [3.63, 3.8) is 0 Å². The molecule has 28 heavy (non-hydrogen) atoms. The monoisotopic (exact) mass is 382 g/mol. The minimum absolute atomic E-state index is 0.302. The zero-order valence-corrected chi connectivity index (χ0v) is 16.5. The number of amides is 2. The first-order valence-corrected chi connectivity index (χ1v) is 9.21. The zero-order chi connectivity index (χ0) is 20.6. The molecule has 2 rings (SSSR count). The van der Waals surface area contributed by atoms with Crippen LogP contribution in [0.1, 0.15) is 37.6 Å². The first kappa shape index (κ1) is 21.2. The topological polar surface area (TPSA) is 84.5 Å². The number of carbonyl (C=O) groups is 3. The molecule has 0 aliphatic carbocycles. The molecule has 0 radical (unpaired) electrons. The minimum atomic E-state index is -0.668. The van der Waals surface area contributed by atoms with Gasteiger partial charge in [0.15, 0.2) is 6.61 Å². The van der Waals surface area contributed by atoms with Crippen molar-refractivity contribution in [2.75, 3.05) is 13.2 Å². The van der Waals surface area contributed by atoms with Gasteiger partial charge in [-0.15, -0.1) is 0 Å². The lowest BCUT2D eigenvalue weighted by Gasteiger charge is -2.24. The summed E-state index contributed by atoms with van der Waals surface area (Å²) >= 11 is 0. The molecule has 0 bridgehead atoms. The van der Waals surface area contributed by atoms with Crippen molar-refractivity contribution in [1.29, 1.82) is 0 Å². The van der Waals surface area contributed by atoms with Gasteiger partial charge in [-0.05, 0) is 43.5 Å². The summed E-state index contributed by atoms with van der Waals surface area (Å²) in [5, 5.41) is 5.26. The van der Waals surface area contributed by atoms with Gasteiger partial charge >= 0.3 is 5.97 Å². The van der Waals surface area contributed by atoms with Crippen molar-refractivity contribution in [3.05, 3.63) is 60.2 Å². The summed E-state index contributed by atoms with van der Waals surface area (Å²) in [5.74, 6) is -1.42. The van der Waals surface area contributed by atoms with E-state index in [0.29, 0.717) is 5.56 Å². The number of esters is 1. The summed E-state index contributed by atoms with van der Waals surface area (Å²) in [5.41, 5.74) is 2.14. The largest absolute Gasteiger partial charge is 0.454 e. The predicted molar refractivity (Wildman–Crippen MR) is 108 cm³/mol. The molecule has 6 nitrogen and oxygen atoms in total. The van der Waals surface area contributed by atoms with Gasteiger partial charge in [0.2, 0.25) is 0 Å². The van der Waals surface area contributed by atoms with E-state index in [9.17, 15) is 14.4 Å². The van der Waals surface area contributed by atoms with Crippen molar-refractivity contribution in [3.8, 4) is 11.1 Å². The fourth-order valence-corrected chi connectivity index (χ4v) is 2.40. The highest BCUT2D eigenvalue weighted by Crippen LogP contribution is 2.19. The molecular weight excluding hydrogens is 356 g/mol. The third-order valence-electron chi connectivity index (χ3n) is 4.37. The van der Waals surface area contributed by atoms with Gasteiger partial charge < -0.3 is 15.4 Å². The second-order valence-corrected chi connectivity index (χ2v) is 7.07. The van der Waals surface area contributed by atoms with Gasteiger partial charge in [0.1, 0.15) is 6.54 Å². The van der Waals surface area contributed by atoms with Crippen molar-refractivity contribution >= 4 is 17.8 Å². The number of rotatable bonds is 8. The van der Waals surface area contributed by atoms with Crippen LogP contribution >= 0.6 is 0 Å². The Morgan fingerprint density at radius 1 is 0.929 bits per heavy atom. The van der Waals surface area contributed by atoms with Crippen LogP contribution in [0.25, 0.3) is 11.1 Å². The van der Waals surface area contributed by atoms with Gasteiger partial charge in [-0.25, -0.2) is 0 Å². The highest BCUT2D eigenvalue weighted by atomic mass is 16.5. The van der Waals surface area contributed by atoms with Gasteiger partial charge in [0.25, 0.3) is 11.8 Å². The molecule has 6 heteroatoms. The van der Waals surface area contributed by atoms with Crippen LogP contribution in [0.4, 0.5) is 0 Å². The zero-order valence-electron chi connectivity index (χ0n) is 16.5. The van der Waals surface area contributed by atoms with E-state index < -0.39 is 5.97 Å². The third kappa shape index (κ3) is 6.54. The highest BCUT2D eigenvalue weighted by Gasteiger charge is 2.18. The summed E-state index contributed by atoms with van der Waals surface area (Å²) in [4.78, 5) is 35.7. The third-order valence-corrected chi connectivity index (χ3v) is 4.37. The van der Waals surface area contributed by atoms with E-state index in [2.05, 4.69) is 10.6 Å². The number of carbonyl (C=O) groups excluding carboxylic acids is 3. The van der Waals surface area contributed by atoms with Crippen LogP contribution in [-0.2, 0) is 14.3 Å². The average Bonchev–Trinajstić information content (AvgIpc) is 2.71. The van der Waals surface area contributed by atoms with Gasteiger partial charge in [0.05, 0.1) is 0 Å². The molecule has 0 aliphatic rings. The Kier molecular flexibility index (Phi) is 7.32. The molecule has 0 aliphatic heterocycles. The number of hydrogen-bond acceptors (Lipinski definition) is 4. The van der Waals surface area contributed by atoms with Crippen molar-refractivity contribution in [1.82, 2.24) is 10.6 Å².